The van der Waals surface area contributed by atoms with Gasteiger partial charge in [-0.05, 0) is 0 Å². The fourth-order valence-corrected chi connectivity index (χ4v) is 3.53. The van der Waals surface area contributed by atoms with Gasteiger partial charge in [0.1, 0.15) is 4.38 Å². The van der Waals surface area contributed by atoms with Crippen LogP contribution in [0.5, 0.6) is 0 Å². The standard InChI is InChI=1S/C10H21NS2/c1-9(2,3)12-8(11-7)13-10(4,5)6/h1-7H3. The molecule has 0 aliphatic heterocycles. The van der Waals surface area contributed by atoms with E-state index in [1.165, 1.54) is 4.38 Å². The lowest BCUT2D eigenvalue weighted by Crippen LogP contribution is -2.15. The van der Waals surface area contributed by atoms with Crippen LogP contribution < -0.4 is 0 Å². The minimum atomic E-state index is 0.257. The second-order valence-corrected chi connectivity index (χ2v) is 8.81. The molecular formula is C10H21NS2. The van der Waals surface area contributed by atoms with Crippen molar-refractivity contribution < 1.29 is 0 Å². The van der Waals surface area contributed by atoms with Crippen molar-refractivity contribution in [2.24, 2.45) is 4.99 Å². The fourth-order valence-electron chi connectivity index (χ4n) is 0.636. The van der Waals surface area contributed by atoms with Gasteiger partial charge in [0, 0.05) is 16.5 Å². The quantitative estimate of drug-likeness (QED) is 0.450. The van der Waals surface area contributed by atoms with Gasteiger partial charge in [-0.1, -0.05) is 65.1 Å². The Balaban J connectivity index is 4.24. The van der Waals surface area contributed by atoms with Gasteiger partial charge < -0.3 is 0 Å². The summed E-state index contributed by atoms with van der Waals surface area (Å²) in [4.78, 5) is 4.30. The molecule has 0 heterocycles. The lowest BCUT2D eigenvalue weighted by atomic mass is 10.3. The van der Waals surface area contributed by atoms with Crippen LogP contribution in [0, 0.1) is 0 Å². The van der Waals surface area contributed by atoms with Crippen LogP contribution in [0.2, 0.25) is 0 Å². The summed E-state index contributed by atoms with van der Waals surface area (Å²) >= 11 is 3.68. The first-order chi connectivity index (χ1) is 5.64. The van der Waals surface area contributed by atoms with Gasteiger partial charge >= 0.3 is 0 Å². The summed E-state index contributed by atoms with van der Waals surface area (Å²) in [6, 6.07) is 0. The zero-order valence-corrected chi connectivity index (χ0v) is 11.4. The molecular weight excluding hydrogens is 198 g/mol. The Morgan fingerprint density at radius 3 is 1.31 bits per heavy atom. The molecule has 0 bridgehead atoms. The summed E-state index contributed by atoms with van der Waals surface area (Å²) in [6.07, 6.45) is 0. The minimum Gasteiger partial charge on any atom is -0.275 e. The molecule has 0 amide bonds. The largest absolute Gasteiger partial charge is 0.275 e. The molecule has 0 aliphatic carbocycles. The Hall–Kier alpha value is 0.370. The van der Waals surface area contributed by atoms with E-state index < -0.39 is 0 Å². The molecule has 0 N–H and O–H groups in total. The second kappa shape index (κ2) is 4.74. The molecule has 0 saturated heterocycles. The predicted octanol–water partition coefficient (Wildman–Crippen LogP) is 4.04. The van der Waals surface area contributed by atoms with Crippen molar-refractivity contribution >= 4 is 27.9 Å². The van der Waals surface area contributed by atoms with Crippen LogP contribution in [0.3, 0.4) is 0 Å². The van der Waals surface area contributed by atoms with E-state index in [-0.39, 0.29) is 9.49 Å². The molecule has 0 fully saturated rings. The van der Waals surface area contributed by atoms with Crippen LogP contribution in [0.4, 0.5) is 0 Å². The summed E-state index contributed by atoms with van der Waals surface area (Å²) < 4.78 is 1.69. The molecule has 13 heavy (non-hydrogen) atoms. The molecule has 0 atom stereocenters. The molecule has 0 rings (SSSR count). The van der Waals surface area contributed by atoms with E-state index in [4.69, 9.17) is 0 Å². The molecule has 0 aliphatic rings. The van der Waals surface area contributed by atoms with E-state index in [2.05, 4.69) is 46.5 Å². The highest BCUT2D eigenvalue weighted by molar-refractivity contribution is 8.39. The molecule has 0 radical (unpaired) electrons. The number of hydrogen-bond donors (Lipinski definition) is 0. The SMILES string of the molecule is CN=C(SC(C)(C)C)SC(C)(C)C. The fraction of sp³-hybridized carbons (Fsp3) is 0.900. The number of nitrogens with zero attached hydrogens (tertiary/aromatic N) is 1. The molecule has 0 saturated carbocycles. The molecule has 0 spiro atoms. The van der Waals surface area contributed by atoms with Crippen molar-refractivity contribution in [2.45, 2.75) is 51.0 Å². The smallest absolute Gasteiger partial charge is 0.125 e. The highest BCUT2D eigenvalue weighted by atomic mass is 32.2. The molecule has 0 aromatic rings. The Kier molecular flexibility index (Phi) is 4.87. The van der Waals surface area contributed by atoms with Gasteiger partial charge in [-0.3, -0.25) is 4.99 Å². The Labute approximate surface area is 91.2 Å². The highest BCUT2D eigenvalue weighted by Crippen LogP contribution is 2.35. The maximum Gasteiger partial charge on any atom is 0.125 e. The average molecular weight is 219 g/mol. The lowest BCUT2D eigenvalue weighted by molar-refractivity contribution is 0.806. The van der Waals surface area contributed by atoms with Crippen LogP contribution in [-0.4, -0.2) is 20.9 Å². The third-order valence-electron chi connectivity index (χ3n) is 0.970. The molecule has 0 aromatic carbocycles. The number of hydrogen-bond acceptors (Lipinski definition) is 3. The van der Waals surface area contributed by atoms with E-state index in [0.717, 1.165) is 0 Å². The molecule has 1 nitrogen and oxygen atoms in total. The zero-order valence-electron chi connectivity index (χ0n) is 9.76. The van der Waals surface area contributed by atoms with E-state index in [0.29, 0.717) is 0 Å². The van der Waals surface area contributed by atoms with E-state index in [9.17, 15) is 0 Å². The highest BCUT2D eigenvalue weighted by Gasteiger charge is 2.20. The molecule has 78 valence electrons. The Bertz CT molecular complexity index is 166. The van der Waals surface area contributed by atoms with Crippen molar-refractivity contribution in [1.82, 2.24) is 0 Å². The average Bonchev–Trinajstić information content (AvgIpc) is 1.79. The van der Waals surface area contributed by atoms with Crippen LogP contribution in [0.25, 0.3) is 0 Å². The van der Waals surface area contributed by atoms with Crippen molar-refractivity contribution in [1.29, 1.82) is 0 Å². The molecule has 0 aromatic heterocycles. The summed E-state index contributed by atoms with van der Waals surface area (Å²) in [6.45, 7) is 13.3. The van der Waals surface area contributed by atoms with E-state index in [1.54, 1.807) is 0 Å². The van der Waals surface area contributed by atoms with Crippen molar-refractivity contribution in [3.8, 4) is 0 Å². The van der Waals surface area contributed by atoms with Gasteiger partial charge in [-0.25, -0.2) is 0 Å². The summed E-state index contributed by atoms with van der Waals surface area (Å²) in [5.74, 6) is 0. The first-order valence-corrected chi connectivity index (χ1v) is 6.12. The van der Waals surface area contributed by atoms with Gasteiger partial charge in [0.15, 0.2) is 0 Å². The number of thioether (sulfide) groups is 2. The Morgan fingerprint density at radius 1 is 0.846 bits per heavy atom. The third kappa shape index (κ3) is 8.69. The van der Waals surface area contributed by atoms with Crippen LogP contribution >= 0.6 is 23.5 Å². The number of rotatable bonds is 0. The molecule has 0 unspecified atom stereocenters. The maximum atomic E-state index is 4.30. The number of aliphatic imine (C=N–C) groups is 1. The van der Waals surface area contributed by atoms with Gasteiger partial charge in [0.05, 0.1) is 0 Å². The van der Waals surface area contributed by atoms with Crippen LogP contribution in [0.1, 0.15) is 41.5 Å². The normalized spacial score (nSPS) is 12.8. The zero-order chi connectivity index (χ0) is 10.7. The summed E-state index contributed by atoms with van der Waals surface area (Å²) in [5, 5.41) is 0. The summed E-state index contributed by atoms with van der Waals surface area (Å²) in [5.41, 5.74) is 0. The lowest BCUT2D eigenvalue weighted by Gasteiger charge is -2.23. The first kappa shape index (κ1) is 13.4. The monoisotopic (exact) mass is 219 g/mol. The first-order valence-electron chi connectivity index (χ1n) is 4.49. The Morgan fingerprint density at radius 2 is 1.15 bits per heavy atom. The van der Waals surface area contributed by atoms with Crippen molar-refractivity contribution in [2.75, 3.05) is 7.05 Å². The van der Waals surface area contributed by atoms with Gasteiger partial charge in [-0.15, -0.1) is 0 Å². The molecule has 3 heteroatoms. The predicted molar refractivity (Wildman–Crippen MR) is 68.0 cm³/mol. The maximum absolute atomic E-state index is 4.30. The second-order valence-electron chi connectivity index (χ2n) is 4.92. The third-order valence-corrected chi connectivity index (χ3v) is 3.41. The minimum absolute atomic E-state index is 0.257. The van der Waals surface area contributed by atoms with Gasteiger partial charge in [0.25, 0.3) is 0 Å². The topological polar surface area (TPSA) is 12.4 Å². The van der Waals surface area contributed by atoms with Crippen LogP contribution in [-0.2, 0) is 0 Å². The summed E-state index contributed by atoms with van der Waals surface area (Å²) in [7, 11) is 1.87. The van der Waals surface area contributed by atoms with Crippen LogP contribution in [0.15, 0.2) is 4.99 Å². The van der Waals surface area contributed by atoms with E-state index >= 15 is 0 Å². The van der Waals surface area contributed by atoms with Gasteiger partial charge in [0.2, 0.25) is 0 Å². The van der Waals surface area contributed by atoms with E-state index in [1.807, 2.05) is 30.6 Å². The van der Waals surface area contributed by atoms with Crippen molar-refractivity contribution in [3.05, 3.63) is 0 Å². The van der Waals surface area contributed by atoms with Crippen molar-refractivity contribution in [3.63, 3.8) is 0 Å². The van der Waals surface area contributed by atoms with Gasteiger partial charge in [-0.2, -0.15) is 0 Å².